The fraction of sp³-hybridized carbons (Fsp3) is 0.385. The van der Waals surface area contributed by atoms with Gasteiger partial charge in [0.1, 0.15) is 0 Å². The largest absolute Gasteiger partial charge is 0.481 e. The lowest BCUT2D eigenvalue weighted by Crippen LogP contribution is -2.26. The number of benzene rings is 1. The van der Waals surface area contributed by atoms with E-state index < -0.39 is 5.97 Å². The Morgan fingerprint density at radius 2 is 2.00 bits per heavy atom. The van der Waals surface area contributed by atoms with Crippen molar-refractivity contribution in [3.05, 3.63) is 35.4 Å². The summed E-state index contributed by atoms with van der Waals surface area (Å²) in [6.45, 7) is 0.977. The smallest absolute Gasteiger partial charge is 0.313 e. The maximum atomic E-state index is 11.7. The van der Waals surface area contributed by atoms with Crippen LogP contribution in [0.4, 0.5) is 0 Å². The minimum absolute atomic E-state index is 0.0571. The van der Waals surface area contributed by atoms with Crippen molar-refractivity contribution in [1.82, 2.24) is 5.32 Å². The van der Waals surface area contributed by atoms with Crippen LogP contribution < -0.4 is 5.32 Å². The van der Waals surface area contributed by atoms with Gasteiger partial charge in [0.05, 0.1) is 12.4 Å². The van der Waals surface area contributed by atoms with E-state index in [1.165, 1.54) is 11.8 Å². The summed E-state index contributed by atoms with van der Waals surface area (Å²) in [5, 5.41) is 11.2. The van der Waals surface area contributed by atoms with Gasteiger partial charge in [-0.15, -0.1) is 11.8 Å². The summed E-state index contributed by atoms with van der Waals surface area (Å²) in [5.74, 6) is -0.355. The van der Waals surface area contributed by atoms with Crippen molar-refractivity contribution in [3.63, 3.8) is 0 Å². The van der Waals surface area contributed by atoms with Crippen LogP contribution in [0.5, 0.6) is 0 Å². The molecule has 0 heterocycles. The zero-order chi connectivity index (χ0) is 14.1. The lowest BCUT2D eigenvalue weighted by molar-refractivity contribution is -0.133. The number of methoxy groups -OCH3 is 1. The van der Waals surface area contributed by atoms with E-state index in [4.69, 9.17) is 9.84 Å². The maximum absolute atomic E-state index is 11.7. The standard InChI is InChI=1S/C13H17NO4S/c1-18-8-10-2-4-11(5-3-10)13(17)14-6-7-19-9-12(15)16/h2-5H,6-9H2,1H3,(H,14,17)(H,15,16). The maximum Gasteiger partial charge on any atom is 0.313 e. The molecular weight excluding hydrogens is 266 g/mol. The predicted molar refractivity (Wildman–Crippen MR) is 74.4 cm³/mol. The number of aliphatic carboxylic acids is 1. The highest BCUT2D eigenvalue weighted by Crippen LogP contribution is 2.05. The Morgan fingerprint density at radius 3 is 2.58 bits per heavy atom. The number of nitrogens with one attached hydrogen (secondary N) is 1. The van der Waals surface area contributed by atoms with Gasteiger partial charge in [-0.3, -0.25) is 9.59 Å². The molecule has 104 valence electrons. The summed E-state index contributed by atoms with van der Waals surface area (Å²) in [4.78, 5) is 22.0. The van der Waals surface area contributed by atoms with E-state index in [0.29, 0.717) is 24.5 Å². The second-order valence-corrected chi connectivity index (χ2v) is 4.94. The molecule has 0 bridgehead atoms. The predicted octanol–water partition coefficient (Wildman–Crippen LogP) is 1.38. The average Bonchev–Trinajstić information content (AvgIpc) is 2.39. The van der Waals surface area contributed by atoms with Crippen LogP contribution in [0.1, 0.15) is 15.9 Å². The molecule has 0 aliphatic heterocycles. The third-order valence-electron chi connectivity index (χ3n) is 2.28. The number of amides is 1. The molecule has 1 rings (SSSR count). The number of thioether (sulfide) groups is 1. The number of rotatable bonds is 8. The lowest BCUT2D eigenvalue weighted by atomic mass is 10.1. The number of ether oxygens (including phenoxy) is 1. The first-order valence-corrected chi connectivity index (χ1v) is 6.94. The summed E-state index contributed by atoms with van der Waals surface area (Å²) in [7, 11) is 1.62. The van der Waals surface area contributed by atoms with Crippen molar-refractivity contribution in [2.45, 2.75) is 6.61 Å². The van der Waals surface area contributed by atoms with Crippen molar-refractivity contribution in [3.8, 4) is 0 Å². The molecule has 0 radical (unpaired) electrons. The molecule has 1 amide bonds. The van der Waals surface area contributed by atoms with Crippen LogP contribution in [0.15, 0.2) is 24.3 Å². The second-order valence-electron chi connectivity index (χ2n) is 3.83. The molecule has 0 aromatic heterocycles. The molecule has 0 saturated carbocycles. The van der Waals surface area contributed by atoms with Crippen LogP contribution in [-0.4, -0.2) is 42.1 Å². The second kappa shape index (κ2) is 8.55. The summed E-state index contributed by atoms with van der Waals surface area (Å²) in [6, 6.07) is 7.18. The van der Waals surface area contributed by atoms with Crippen molar-refractivity contribution >= 4 is 23.6 Å². The van der Waals surface area contributed by atoms with Gasteiger partial charge in [0, 0.05) is 25.0 Å². The number of hydrogen-bond donors (Lipinski definition) is 2. The molecule has 1 aromatic rings. The van der Waals surface area contributed by atoms with Gasteiger partial charge in [-0.1, -0.05) is 12.1 Å². The monoisotopic (exact) mass is 283 g/mol. The fourth-order valence-corrected chi connectivity index (χ4v) is 1.98. The van der Waals surface area contributed by atoms with Crippen molar-refractivity contribution < 1.29 is 19.4 Å². The van der Waals surface area contributed by atoms with Gasteiger partial charge in [-0.25, -0.2) is 0 Å². The summed E-state index contributed by atoms with van der Waals surface area (Å²) < 4.78 is 4.99. The fourth-order valence-electron chi connectivity index (χ4n) is 1.42. The van der Waals surface area contributed by atoms with E-state index >= 15 is 0 Å². The number of carbonyl (C=O) groups is 2. The van der Waals surface area contributed by atoms with E-state index in [-0.39, 0.29) is 11.7 Å². The minimum atomic E-state index is -0.843. The van der Waals surface area contributed by atoms with Crippen molar-refractivity contribution in [2.75, 3.05) is 25.2 Å². The molecular formula is C13H17NO4S. The van der Waals surface area contributed by atoms with Gasteiger partial charge >= 0.3 is 5.97 Å². The number of carboxylic acids is 1. The first kappa shape index (κ1) is 15.5. The van der Waals surface area contributed by atoms with E-state index in [1.807, 2.05) is 12.1 Å². The van der Waals surface area contributed by atoms with Gasteiger partial charge in [-0.2, -0.15) is 0 Å². The molecule has 6 heteroatoms. The van der Waals surface area contributed by atoms with E-state index in [0.717, 1.165) is 5.56 Å². The molecule has 0 saturated heterocycles. The van der Waals surface area contributed by atoms with Crippen LogP contribution in [-0.2, 0) is 16.1 Å². The molecule has 0 unspecified atom stereocenters. The minimum Gasteiger partial charge on any atom is -0.481 e. The number of carbonyl (C=O) groups excluding carboxylic acids is 1. The molecule has 0 spiro atoms. The van der Waals surface area contributed by atoms with E-state index in [9.17, 15) is 9.59 Å². The zero-order valence-corrected chi connectivity index (χ0v) is 11.5. The Kier molecular flexibility index (Phi) is 6.99. The third-order valence-corrected chi connectivity index (χ3v) is 3.23. The van der Waals surface area contributed by atoms with Gasteiger partial charge in [0.25, 0.3) is 5.91 Å². The van der Waals surface area contributed by atoms with Gasteiger partial charge < -0.3 is 15.2 Å². The Balaban J connectivity index is 2.30. The van der Waals surface area contributed by atoms with Crippen molar-refractivity contribution in [2.24, 2.45) is 0 Å². The highest BCUT2D eigenvalue weighted by Gasteiger charge is 2.04. The van der Waals surface area contributed by atoms with Crippen LogP contribution >= 0.6 is 11.8 Å². The zero-order valence-electron chi connectivity index (χ0n) is 10.7. The molecule has 0 aliphatic carbocycles. The summed E-state index contributed by atoms with van der Waals surface area (Å²) in [5.41, 5.74) is 1.60. The molecule has 0 aliphatic rings. The first-order chi connectivity index (χ1) is 9.13. The van der Waals surface area contributed by atoms with Crippen LogP contribution in [0, 0.1) is 0 Å². The Morgan fingerprint density at radius 1 is 1.32 bits per heavy atom. The lowest BCUT2D eigenvalue weighted by Gasteiger charge is -2.05. The average molecular weight is 283 g/mol. The summed E-state index contributed by atoms with van der Waals surface area (Å²) in [6.07, 6.45) is 0. The summed E-state index contributed by atoms with van der Waals surface area (Å²) >= 11 is 1.28. The van der Waals surface area contributed by atoms with Gasteiger partial charge in [0.15, 0.2) is 0 Å². The number of hydrogen-bond acceptors (Lipinski definition) is 4. The van der Waals surface area contributed by atoms with Crippen LogP contribution in [0.2, 0.25) is 0 Å². The molecule has 5 nitrogen and oxygen atoms in total. The third kappa shape index (κ3) is 6.26. The van der Waals surface area contributed by atoms with Gasteiger partial charge in [0.2, 0.25) is 0 Å². The quantitative estimate of drug-likeness (QED) is 0.705. The normalized spacial score (nSPS) is 10.2. The Hall–Kier alpha value is -1.53. The highest BCUT2D eigenvalue weighted by atomic mass is 32.2. The molecule has 0 fully saturated rings. The Labute approximate surface area is 116 Å². The molecule has 1 aromatic carbocycles. The molecule has 19 heavy (non-hydrogen) atoms. The van der Waals surface area contributed by atoms with Crippen molar-refractivity contribution in [1.29, 1.82) is 0 Å². The SMILES string of the molecule is COCc1ccc(C(=O)NCCSCC(=O)O)cc1. The molecule has 2 N–H and O–H groups in total. The molecule has 0 atom stereocenters. The van der Waals surface area contributed by atoms with Crippen LogP contribution in [0.3, 0.4) is 0 Å². The van der Waals surface area contributed by atoms with E-state index in [1.54, 1.807) is 19.2 Å². The van der Waals surface area contributed by atoms with E-state index in [2.05, 4.69) is 5.32 Å². The first-order valence-electron chi connectivity index (χ1n) is 5.79. The van der Waals surface area contributed by atoms with Gasteiger partial charge in [-0.05, 0) is 17.7 Å². The highest BCUT2D eigenvalue weighted by molar-refractivity contribution is 7.99. The number of carboxylic acid groups (broad SMARTS) is 1. The van der Waals surface area contributed by atoms with Crippen LogP contribution in [0.25, 0.3) is 0 Å². The Bertz CT molecular complexity index is 419. The topological polar surface area (TPSA) is 75.6 Å².